The monoisotopic (exact) mass is 439 g/mol. The number of carboxylic acid groups (broad SMARTS) is 1. The second kappa shape index (κ2) is 8.67. The number of carboxylic acids is 1. The highest BCUT2D eigenvalue weighted by Crippen LogP contribution is 2.23. The lowest BCUT2D eigenvalue weighted by molar-refractivity contribution is 0.0696. The molecule has 1 aromatic heterocycles. The molecular weight excluding hydrogens is 422 g/mol. The van der Waals surface area contributed by atoms with Crippen molar-refractivity contribution >= 4 is 39.3 Å². The van der Waals surface area contributed by atoms with Gasteiger partial charge in [0.2, 0.25) is 0 Å². The van der Waals surface area contributed by atoms with Crippen LogP contribution in [0.1, 0.15) is 26.3 Å². The van der Waals surface area contributed by atoms with Gasteiger partial charge >= 0.3 is 5.97 Å². The average Bonchev–Trinajstić information content (AvgIpc) is 2.69. The van der Waals surface area contributed by atoms with Crippen LogP contribution < -0.4 is 10.2 Å². The lowest BCUT2D eigenvalue weighted by atomic mass is 10.1. The zero-order valence-corrected chi connectivity index (χ0v) is 16.7. The highest BCUT2D eigenvalue weighted by molar-refractivity contribution is 9.10. The third-order valence-electron chi connectivity index (χ3n) is 4.09. The molecule has 7 heteroatoms. The molecule has 0 unspecified atom stereocenters. The van der Waals surface area contributed by atoms with E-state index >= 15 is 0 Å². The molecule has 0 radical (unpaired) electrons. The van der Waals surface area contributed by atoms with Gasteiger partial charge in [0.05, 0.1) is 11.9 Å². The number of benzene rings is 2. The number of anilines is 2. The molecule has 28 heavy (non-hydrogen) atoms. The zero-order valence-electron chi connectivity index (χ0n) is 15.1. The van der Waals surface area contributed by atoms with Gasteiger partial charge < -0.3 is 15.3 Å². The van der Waals surface area contributed by atoms with E-state index in [2.05, 4.69) is 26.2 Å². The van der Waals surface area contributed by atoms with Crippen LogP contribution in [-0.4, -0.2) is 29.0 Å². The van der Waals surface area contributed by atoms with E-state index < -0.39 is 5.97 Å². The van der Waals surface area contributed by atoms with Gasteiger partial charge in [0.15, 0.2) is 0 Å². The fourth-order valence-electron chi connectivity index (χ4n) is 2.72. The van der Waals surface area contributed by atoms with Crippen LogP contribution >= 0.6 is 15.9 Å². The van der Waals surface area contributed by atoms with Gasteiger partial charge in [-0.25, -0.2) is 9.78 Å². The molecule has 0 saturated carbocycles. The van der Waals surface area contributed by atoms with Crippen LogP contribution in [0.3, 0.4) is 0 Å². The fraction of sp³-hybridized carbons (Fsp3) is 0.0952. The average molecular weight is 440 g/mol. The summed E-state index contributed by atoms with van der Waals surface area (Å²) >= 11 is 3.32. The molecule has 0 fully saturated rings. The van der Waals surface area contributed by atoms with Gasteiger partial charge in [0.1, 0.15) is 11.4 Å². The minimum atomic E-state index is -1.11. The van der Waals surface area contributed by atoms with Crippen molar-refractivity contribution in [3.8, 4) is 0 Å². The lowest BCUT2D eigenvalue weighted by Crippen LogP contribution is -2.21. The number of carbonyl (C=O) groups is 2. The van der Waals surface area contributed by atoms with Crippen LogP contribution in [0, 0.1) is 0 Å². The maximum Gasteiger partial charge on any atom is 0.339 e. The molecule has 142 valence electrons. The van der Waals surface area contributed by atoms with Gasteiger partial charge in [-0.3, -0.25) is 4.79 Å². The molecule has 0 bridgehead atoms. The molecule has 3 rings (SSSR count). The number of aromatic carboxylic acids is 1. The Bertz CT molecular complexity index is 992. The van der Waals surface area contributed by atoms with Crippen LogP contribution in [-0.2, 0) is 6.54 Å². The van der Waals surface area contributed by atoms with Crippen molar-refractivity contribution in [2.24, 2.45) is 0 Å². The molecule has 6 nitrogen and oxygen atoms in total. The molecule has 1 amide bonds. The first-order valence-electron chi connectivity index (χ1n) is 8.49. The molecule has 3 aromatic rings. The zero-order chi connectivity index (χ0) is 20.1. The van der Waals surface area contributed by atoms with Gasteiger partial charge in [0, 0.05) is 23.6 Å². The standard InChI is InChI=1S/C21H18BrN3O3/c1-25(13-14-5-3-2-4-6-14)19-18(21(27)28)11-17(12-23-19)24-20(26)15-7-9-16(22)10-8-15/h2-12H,13H2,1H3,(H,24,26)(H,27,28). The van der Waals surface area contributed by atoms with Gasteiger partial charge in [0.25, 0.3) is 5.91 Å². The molecule has 0 spiro atoms. The molecular formula is C21H18BrN3O3. The number of hydrogen-bond donors (Lipinski definition) is 2. The van der Waals surface area contributed by atoms with E-state index in [1.807, 2.05) is 30.3 Å². The number of rotatable bonds is 6. The minimum Gasteiger partial charge on any atom is -0.478 e. The molecule has 2 N–H and O–H groups in total. The number of hydrogen-bond acceptors (Lipinski definition) is 4. The predicted molar refractivity (Wildman–Crippen MR) is 112 cm³/mol. The largest absolute Gasteiger partial charge is 0.478 e. The summed E-state index contributed by atoms with van der Waals surface area (Å²) < 4.78 is 0.865. The van der Waals surface area contributed by atoms with Gasteiger partial charge in [-0.05, 0) is 35.9 Å². The Balaban J connectivity index is 1.81. The summed E-state index contributed by atoms with van der Waals surface area (Å²) in [5.74, 6) is -1.11. The van der Waals surface area contributed by atoms with E-state index in [1.165, 1.54) is 12.3 Å². The quantitative estimate of drug-likeness (QED) is 0.593. The van der Waals surface area contributed by atoms with Crippen LogP contribution in [0.2, 0.25) is 0 Å². The number of amides is 1. The van der Waals surface area contributed by atoms with E-state index in [-0.39, 0.29) is 11.5 Å². The molecule has 1 heterocycles. The number of carbonyl (C=O) groups excluding carboxylic acids is 1. The first-order valence-corrected chi connectivity index (χ1v) is 9.28. The Kier molecular flexibility index (Phi) is 6.06. The molecule has 0 aliphatic rings. The minimum absolute atomic E-state index is 0.0204. The first kappa shape index (κ1) is 19.6. The smallest absolute Gasteiger partial charge is 0.339 e. The van der Waals surface area contributed by atoms with Crippen LogP contribution in [0.4, 0.5) is 11.5 Å². The SMILES string of the molecule is CN(Cc1ccccc1)c1ncc(NC(=O)c2ccc(Br)cc2)cc1C(=O)O. The van der Waals surface area contributed by atoms with Crippen molar-refractivity contribution in [1.29, 1.82) is 0 Å². The maximum absolute atomic E-state index is 12.4. The molecule has 0 aliphatic heterocycles. The number of nitrogens with one attached hydrogen (secondary N) is 1. The van der Waals surface area contributed by atoms with E-state index in [4.69, 9.17) is 0 Å². The Labute approximate surface area is 171 Å². The highest BCUT2D eigenvalue weighted by atomic mass is 79.9. The van der Waals surface area contributed by atoms with Crippen molar-refractivity contribution in [2.75, 3.05) is 17.3 Å². The maximum atomic E-state index is 12.4. The van der Waals surface area contributed by atoms with Crippen LogP contribution in [0.25, 0.3) is 0 Å². The Morgan fingerprint density at radius 3 is 2.43 bits per heavy atom. The highest BCUT2D eigenvalue weighted by Gasteiger charge is 2.17. The Hall–Kier alpha value is -3.19. The third kappa shape index (κ3) is 4.75. The van der Waals surface area contributed by atoms with Crippen molar-refractivity contribution in [2.45, 2.75) is 6.54 Å². The van der Waals surface area contributed by atoms with Crippen molar-refractivity contribution in [3.05, 3.63) is 88.0 Å². The van der Waals surface area contributed by atoms with E-state index in [0.717, 1.165) is 10.0 Å². The topological polar surface area (TPSA) is 82.5 Å². The summed E-state index contributed by atoms with van der Waals surface area (Å²) in [6.45, 7) is 0.513. The third-order valence-corrected chi connectivity index (χ3v) is 4.61. The van der Waals surface area contributed by atoms with Crippen molar-refractivity contribution < 1.29 is 14.7 Å². The number of halogens is 1. The number of nitrogens with zero attached hydrogens (tertiary/aromatic N) is 2. The second-order valence-electron chi connectivity index (χ2n) is 6.20. The molecule has 2 aromatic carbocycles. The fourth-order valence-corrected chi connectivity index (χ4v) is 2.99. The van der Waals surface area contributed by atoms with E-state index in [1.54, 1.807) is 36.2 Å². The van der Waals surface area contributed by atoms with E-state index in [0.29, 0.717) is 23.6 Å². The predicted octanol–water partition coefficient (Wildman–Crippen LogP) is 4.43. The van der Waals surface area contributed by atoms with Crippen molar-refractivity contribution in [1.82, 2.24) is 4.98 Å². The van der Waals surface area contributed by atoms with Crippen LogP contribution in [0.5, 0.6) is 0 Å². The van der Waals surface area contributed by atoms with Crippen LogP contribution in [0.15, 0.2) is 71.3 Å². The summed E-state index contributed by atoms with van der Waals surface area (Å²) in [5, 5.41) is 12.3. The summed E-state index contributed by atoms with van der Waals surface area (Å²) in [6.07, 6.45) is 1.46. The molecule has 0 aliphatic carbocycles. The summed E-state index contributed by atoms with van der Waals surface area (Å²) in [4.78, 5) is 30.1. The van der Waals surface area contributed by atoms with Gasteiger partial charge in [-0.1, -0.05) is 46.3 Å². The first-order chi connectivity index (χ1) is 13.4. The Morgan fingerprint density at radius 2 is 1.79 bits per heavy atom. The molecule has 0 atom stereocenters. The van der Waals surface area contributed by atoms with Gasteiger partial charge in [-0.15, -0.1) is 0 Å². The second-order valence-corrected chi connectivity index (χ2v) is 7.12. The summed E-state index contributed by atoms with van der Waals surface area (Å²) in [6, 6.07) is 18.0. The van der Waals surface area contributed by atoms with E-state index in [9.17, 15) is 14.7 Å². The number of pyridine rings is 1. The summed E-state index contributed by atoms with van der Waals surface area (Å²) in [7, 11) is 1.78. The normalized spacial score (nSPS) is 10.4. The lowest BCUT2D eigenvalue weighted by Gasteiger charge is -2.20. The van der Waals surface area contributed by atoms with Gasteiger partial charge in [-0.2, -0.15) is 0 Å². The number of aromatic nitrogens is 1. The summed E-state index contributed by atoms with van der Waals surface area (Å²) in [5.41, 5.74) is 1.84. The Morgan fingerprint density at radius 1 is 1.11 bits per heavy atom. The van der Waals surface area contributed by atoms with Crippen molar-refractivity contribution in [3.63, 3.8) is 0 Å². The molecule has 0 saturated heterocycles.